The van der Waals surface area contributed by atoms with Crippen molar-refractivity contribution in [3.8, 4) is 0 Å². The number of rotatable bonds is 4. The van der Waals surface area contributed by atoms with Gasteiger partial charge in [-0.05, 0) is 12.0 Å². The Hall–Kier alpha value is -0.960. The average Bonchev–Trinajstić information content (AvgIpc) is 1.85. The van der Waals surface area contributed by atoms with Crippen LogP contribution < -0.4 is 11.6 Å². The van der Waals surface area contributed by atoms with Crippen LogP contribution >= 0.6 is 0 Å². The quantitative estimate of drug-likeness (QED) is 0.359. The summed E-state index contributed by atoms with van der Waals surface area (Å²) >= 11 is 0. The van der Waals surface area contributed by atoms with Crippen molar-refractivity contribution in [1.82, 2.24) is 5.01 Å². The number of nitrogens with zero attached hydrogens (tertiary/aromatic N) is 1. The Morgan fingerprint density at radius 2 is 2.18 bits per heavy atom. The Morgan fingerprint density at radius 1 is 1.64 bits per heavy atom. The molecule has 0 aliphatic heterocycles. The fraction of sp³-hybridized carbons (Fsp3) is 0.500. The molecule has 0 radical (unpaired) electrons. The van der Waals surface area contributed by atoms with Crippen LogP contribution in [0.4, 0.5) is 0 Å². The van der Waals surface area contributed by atoms with E-state index in [1.54, 1.807) is 17.3 Å². The molecule has 0 fully saturated rings. The normalized spacial score (nSPS) is 11.8. The first-order chi connectivity index (χ1) is 5.06. The monoisotopic (exact) mass is 155 g/mol. The summed E-state index contributed by atoms with van der Waals surface area (Å²) in [5, 5.41) is 1.57. The molecule has 0 heterocycles. The van der Waals surface area contributed by atoms with Gasteiger partial charge in [-0.2, -0.15) is 0 Å². The second kappa shape index (κ2) is 4.79. The van der Waals surface area contributed by atoms with Gasteiger partial charge in [0, 0.05) is 18.4 Å². The van der Waals surface area contributed by atoms with Crippen LogP contribution in [0, 0.1) is 5.92 Å². The zero-order valence-corrected chi connectivity index (χ0v) is 7.25. The Balaban J connectivity index is 3.85. The van der Waals surface area contributed by atoms with Crippen LogP contribution in [0.1, 0.15) is 13.8 Å². The van der Waals surface area contributed by atoms with E-state index < -0.39 is 0 Å². The zero-order valence-electron chi connectivity index (χ0n) is 7.25. The maximum Gasteiger partial charge on any atom is 0.0484 e. The molecule has 0 atom stereocenters. The standard InChI is InChI=1S/C8H17N3/c1-4-8(9)6-11(10)5-7(2)3/h4,6-7H,1,5,9-10H2,2-3H3/b8-6+. The minimum absolute atomic E-state index is 0.536. The Morgan fingerprint density at radius 3 is 2.55 bits per heavy atom. The highest BCUT2D eigenvalue weighted by atomic mass is 15.4. The van der Waals surface area contributed by atoms with Gasteiger partial charge in [-0.25, -0.2) is 5.84 Å². The summed E-state index contributed by atoms with van der Waals surface area (Å²) in [5.41, 5.74) is 6.06. The van der Waals surface area contributed by atoms with Crippen LogP contribution in [0.15, 0.2) is 24.6 Å². The molecule has 0 rings (SSSR count). The third-order valence-electron chi connectivity index (χ3n) is 1.13. The van der Waals surface area contributed by atoms with Gasteiger partial charge in [0.15, 0.2) is 0 Å². The number of allylic oxidation sites excluding steroid dienone is 1. The minimum Gasteiger partial charge on any atom is -0.398 e. The molecule has 0 aromatic carbocycles. The number of hydrogen-bond donors (Lipinski definition) is 2. The topological polar surface area (TPSA) is 55.3 Å². The summed E-state index contributed by atoms with van der Waals surface area (Å²) in [6, 6.07) is 0. The molecule has 0 aliphatic rings. The number of hydrazine groups is 1. The number of hydrogen-bond acceptors (Lipinski definition) is 3. The Labute approximate surface area is 68.3 Å². The first-order valence-electron chi connectivity index (χ1n) is 3.67. The Bertz CT molecular complexity index is 149. The molecule has 0 saturated heterocycles. The lowest BCUT2D eigenvalue weighted by atomic mass is 10.2. The molecule has 0 amide bonds. The van der Waals surface area contributed by atoms with Gasteiger partial charge in [-0.3, -0.25) is 0 Å². The lowest BCUT2D eigenvalue weighted by Crippen LogP contribution is -2.30. The van der Waals surface area contributed by atoms with E-state index >= 15 is 0 Å². The van der Waals surface area contributed by atoms with E-state index in [0.29, 0.717) is 11.6 Å². The Kier molecular flexibility index (Phi) is 4.38. The van der Waals surface area contributed by atoms with Crippen molar-refractivity contribution in [2.45, 2.75) is 13.8 Å². The molecule has 3 heteroatoms. The van der Waals surface area contributed by atoms with Crippen molar-refractivity contribution >= 4 is 0 Å². The fourth-order valence-corrected chi connectivity index (χ4v) is 0.719. The van der Waals surface area contributed by atoms with Crippen LogP contribution in [0.25, 0.3) is 0 Å². The van der Waals surface area contributed by atoms with Gasteiger partial charge >= 0.3 is 0 Å². The molecular weight excluding hydrogens is 138 g/mol. The molecule has 3 nitrogen and oxygen atoms in total. The second-order valence-corrected chi connectivity index (χ2v) is 2.92. The van der Waals surface area contributed by atoms with Crippen molar-refractivity contribution < 1.29 is 0 Å². The summed E-state index contributed by atoms with van der Waals surface area (Å²) in [7, 11) is 0. The van der Waals surface area contributed by atoms with E-state index in [9.17, 15) is 0 Å². The third-order valence-corrected chi connectivity index (χ3v) is 1.13. The van der Waals surface area contributed by atoms with E-state index in [4.69, 9.17) is 11.6 Å². The summed E-state index contributed by atoms with van der Waals surface area (Å²) in [6.45, 7) is 8.51. The molecule has 64 valence electrons. The predicted octanol–water partition coefficient (Wildman–Crippen LogP) is 0.804. The lowest BCUT2D eigenvalue weighted by molar-refractivity contribution is 0.340. The summed E-state index contributed by atoms with van der Waals surface area (Å²) < 4.78 is 0. The van der Waals surface area contributed by atoms with Crippen LogP contribution in [0.5, 0.6) is 0 Å². The molecule has 0 aromatic heterocycles. The van der Waals surface area contributed by atoms with Crippen LogP contribution in [-0.4, -0.2) is 11.6 Å². The first kappa shape index (κ1) is 10.0. The van der Waals surface area contributed by atoms with Gasteiger partial charge in [-0.15, -0.1) is 0 Å². The largest absolute Gasteiger partial charge is 0.398 e. The van der Waals surface area contributed by atoms with E-state index in [1.807, 2.05) is 0 Å². The third kappa shape index (κ3) is 5.48. The minimum atomic E-state index is 0.536. The highest BCUT2D eigenvalue weighted by molar-refractivity contribution is 5.10. The van der Waals surface area contributed by atoms with Gasteiger partial charge in [0.2, 0.25) is 0 Å². The van der Waals surface area contributed by atoms with E-state index in [0.717, 1.165) is 6.54 Å². The molecule has 11 heavy (non-hydrogen) atoms. The van der Waals surface area contributed by atoms with E-state index in [2.05, 4.69) is 20.4 Å². The maximum atomic E-state index is 5.58. The SMILES string of the molecule is C=C/C(N)=C\N(N)CC(C)C. The maximum absolute atomic E-state index is 5.58. The number of nitrogens with two attached hydrogens (primary N) is 2. The van der Waals surface area contributed by atoms with Crippen LogP contribution in [0.2, 0.25) is 0 Å². The van der Waals surface area contributed by atoms with E-state index in [-0.39, 0.29) is 0 Å². The molecule has 0 saturated carbocycles. The molecular formula is C8H17N3. The molecule has 0 unspecified atom stereocenters. The fourth-order valence-electron chi connectivity index (χ4n) is 0.719. The van der Waals surface area contributed by atoms with Crippen molar-refractivity contribution in [3.63, 3.8) is 0 Å². The van der Waals surface area contributed by atoms with Crippen molar-refractivity contribution in [3.05, 3.63) is 24.6 Å². The summed E-state index contributed by atoms with van der Waals surface area (Å²) in [4.78, 5) is 0. The smallest absolute Gasteiger partial charge is 0.0484 e. The average molecular weight is 155 g/mol. The van der Waals surface area contributed by atoms with Gasteiger partial charge in [0.05, 0.1) is 0 Å². The predicted molar refractivity (Wildman–Crippen MR) is 48.2 cm³/mol. The highest BCUT2D eigenvalue weighted by Crippen LogP contribution is 1.95. The van der Waals surface area contributed by atoms with Gasteiger partial charge in [0.25, 0.3) is 0 Å². The van der Waals surface area contributed by atoms with Crippen molar-refractivity contribution in [1.29, 1.82) is 0 Å². The van der Waals surface area contributed by atoms with Crippen molar-refractivity contribution in [2.24, 2.45) is 17.5 Å². The van der Waals surface area contributed by atoms with Gasteiger partial charge < -0.3 is 10.7 Å². The van der Waals surface area contributed by atoms with Crippen molar-refractivity contribution in [2.75, 3.05) is 6.54 Å². The molecule has 0 aliphatic carbocycles. The first-order valence-corrected chi connectivity index (χ1v) is 3.67. The second-order valence-electron chi connectivity index (χ2n) is 2.92. The highest BCUT2D eigenvalue weighted by Gasteiger charge is 1.96. The molecule has 4 N–H and O–H groups in total. The van der Waals surface area contributed by atoms with E-state index in [1.165, 1.54) is 0 Å². The molecule has 0 spiro atoms. The summed E-state index contributed by atoms with van der Waals surface area (Å²) in [6.07, 6.45) is 3.24. The molecule has 0 aromatic rings. The lowest BCUT2D eigenvalue weighted by Gasteiger charge is -2.16. The zero-order chi connectivity index (χ0) is 8.85. The van der Waals surface area contributed by atoms with Crippen LogP contribution in [-0.2, 0) is 0 Å². The molecule has 0 bridgehead atoms. The van der Waals surface area contributed by atoms with Gasteiger partial charge in [0.1, 0.15) is 0 Å². The van der Waals surface area contributed by atoms with Gasteiger partial charge in [-0.1, -0.05) is 20.4 Å². The van der Waals surface area contributed by atoms with Crippen LogP contribution in [0.3, 0.4) is 0 Å². The summed E-state index contributed by atoms with van der Waals surface area (Å²) in [5.74, 6) is 6.12.